The summed E-state index contributed by atoms with van der Waals surface area (Å²) >= 11 is 5.87. The predicted octanol–water partition coefficient (Wildman–Crippen LogP) is 3.96. The molecule has 0 spiro atoms. The summed E-state index contributed by atoms with van der Waals surface area (Å²) < 4.78 is 40.9. The highest BCUT2D eigenvalue weighted by molar-refractivity contribution is 6.30. The van der Waals surface area contributed by atoms with Crippen molar-refractivity contribution in [1.29, 1.82) is 0 Å². The number of carbonyl (C=O) groups excluding carboxylic acids is 2. The molecular formula is C22H22ClF3N6O2. The van der Waals surface area contributed by atoms with E-state index in [9.17, 15) is 22.8 Å². The van der Waals surface area contributed by atoms with Crippen LogP contribution in [0.5, 0.6) is 0 Å². The van der Waals surface area contributed by atoms with Gasteiger partial charge in [-0.1, -0.05) is 23.7 Å². The summed E-state index contributed by atoms with van der Waals surface area (Å²) in [7, 11) is 0. The molecular weight excluding hydrogens is 473 g/mol. The Kier molecular flexibility index (Phi) is 7.25. The quantitative estimate of drug-likeness (QED) is 0.560. The van der Waals surface area contributed by atoms with Gasteiger partial charge in [-0.15, -0.1) is 10.2 Å². The van der Waals surface area contributed by atoms with Gasteiger partial charge in [0, 0.05) is 16.1 Å². The van der Waals surface area contributed by atoms with E-state index in [4.69, 9.17) is 11.6 Å². The molecule has 3 rings (SSSR count). The number of aromatic nitrogens is 4. The first-order valence-corrected chi connectivity index (χ1v) is 10.5. The molecule has 1 N–H and O–H groups in total. The normalized spacial score (nSPS) is 11.9. The van der Waals surface area contributed by atoms with Crippen LogP contribution in [0.15, 0.2) is 48.5 Å². The van der Waals surface area contributed by atoms with Crippen LogP contribution in [0.25, 0.3) is 11.4 Å². The number of tetrazole rings is 1. The third-order valence-electron chi connectivity index (χ3n) is 4.45. The molecule has 0 saturated heterocycles. The van der Waals surface area contributed by atoms with E-state index in [1.54, 1.807) is 45.0 Å². The van der Waals surface area contributed by atoms with Gasteiger partial charge in [-0.2, -0.15) is 18.0 Å². The number of anilines is 1. The number of halogens is 4. The Bertz CT molecular complexity index is 1170. The Hall–Kier alpha value is -3.47. The second-order valence-electron chi connectivity index (χ2n) is 8.44. The number of rotatable bonds is 6. The zero-order valence-corrected chi connectivity index (χ0v) is 19.4. The molecule has 12 heteroatoms. The molecule has 1 heterocycles. The Morgan fingerprint density at radius 1 is 1.06 bits per heavy atom. The molecule has 0 bridgehead atoms. The highest BCUT2D eigenvalue weighted by Gasteiger charge is 2.36. The Morgan fingerprint density at radius 3 is 2.32 bits per heavy atom. The third kappa shape index (κ3) is 6.53. The summed E-state index contributed by atoms with van der Waals surface area (Å²) in [6.07, 6.45) is -4.73. The minimum atomic E-state index is -4.73. The van der Waals surface area contributed by atoms with Gasteiger partial charge in [0.25, 0.3) is 5.91 Å². The van der Waals surface area contributed by atoms with E-state index in [1.165, 1.54) is 12.1 Å². The van der Waals surface area contributed by atoms with E-state index in [2.05, 4.69) is 20.7 Å². The van der Waals surface area contributed by atoms with Crippen molar-refractivity contribution in [3.8, 4) is 11.4 Å². The molecule has 0 saturated carbocycles. The average Bonchev–Trinajstić information content (AvgIpc) is 3.19. The van der Waals surface area contributed by atoms with Crippen molar-refractivity contribution in [1.82, 2.24) is 25.5 Å². The lowest BCUT2D eigenvalue weighted by atomic mass is 10.1. The number of benzene rings is 2. The van der Waals surface area contributed by atoms with Gasteiger partial charge in [-0.25, -0.2) is 0 Å². The lowest BCUT2D eigenvalue weighted by molar-refractivity contribution is -0.137. The standard InChI is InChI=1S/C22H22ClF3N6O2/c1-21(2,3)27-18(33)12-31(17-7-5-4-6-16(17)22(24,25)26)19(34)13-32-29-20(28-30-32)14-8-10-15(23)11-9-14/h4-11H,12-13H2,1-3H3,(H,27,33). The molecule has 0 fully saturated rings. The Balaban J connectivity index is 1.90. The van der Waals surface area contributed by atoms with Crippen molar-refractivity contribution in [2.75, 3.05) is 11.4 Å². The van der Waals surface area contributed by atoms with Crippen LogP contribution in [0.4, 0.5) is 18.9 Å². The lowest BCUT2D eigenvalue weighted by Gasteiger charge is -2.27. The molecule has 0 aliphatic rings. The first kappa shape index (κ1) is 25.2. The Labute approximate surface area is 198 Å². The van der Waals surface area contributed by atoms with E-state index >= 15 is 0 Å². The molecule has 0 aliphatic carbocycles. The van der Waals surface area contributed by atoms with Gasteiger partial charge in [-0.3, -0.25) is 9.59 Å². The molecule has 1 aromatic heterocycles. The number of hydrogen-bond acceptors (Lipinski definition) is 5. The van der Waals surface area contributed by atoms with Gasteiger partial charge in [0.1, 0.15) is 13.1 Å². The minimum Gasteiger partial charge on any atom is -0.350 e. The number of hydrogen-bond donors (Lipinski definition) is 1. The van der Waals surface area contributed by atoms with E-state index in [0.717, 1.165) is 21.8 Å². The third-order valence-corrected chi connectivity index (χ3v) is 4.70. The number of carbonyl (C=O) groups is 2. The van der Waals surface area contributed by atoms with Crippen molar-refractivity contribution < 1.29 is 22.8 Å². The zero-order chi connectivity index (χ0) is 25.1. The summed E-state index contributed by atoms with van der Waals surface area (Å²) in [5.41, 5.74) is -1.54. The van der Waals surface area contributed by atoms with Gasteiger partial charge in [0.05, 0.1) is 11.3 Å². The van der Waals surface area contributed by atoms with Crippen LogP contribution in [0.3, 0.4) is 0 Å². The molecule has 8 nitrogen and oxygen atoms in total. The Morgan fingerprint density at radius 2 is 1.71 bits per heavy atom. The van der Waals surface area contributed by atoms with Crippen molar-refractivity contribution >= 4 is 29.1 Å². The van der Waals surface area contributed by atoms with Gasteiger partial charge in [0.15, 0.2) is 0 Å². The fraction of sp³-hybridized carbons (Fsp3) is 0.318. The highest BCUT2D eigenvalue weighted by atomic mass is 35.5. The highest BCUT2D eigenvalue weighted by Crippen LogP contribution is 2.36. The molecule has 0 atom stereocenters. The van der Waals surface area contributed by atoms with Crippen LogP contribution < -0.4 is 10.2 Å². The fourth-order valence-corrected chi connectivity index (χ4v) is 3.21. The molecule has 2 amide bonds. The van der Waals surface area contributed by atoms with Gasteiger partial charge < -0.3 is 10.2 Å². The minimum absolute atomic E-state index is 0.206. The van der Waals surface area contributed by atoms with Crippen LogP contribution in [-0.2, 0) is 22.3 Å². The SMILES string of the molecule is CC(C)(C)NC(=O)CN(C(=O)Cn1nnc(-c2ccc(Cl)cc2)n1)c1ccccc1C(F)(F)F. The van der Waals surface area contributed by atoms with Gasteiger partial charge >= 0.3 is 6.18 Å². The second-order valence-corrected chi connectivity index (χ2v) is 8.88. The average molecular weight is 495 g/mol. The van der Waals surface area contributed by atoms with Gasteiger partial charge in [0.2, 0.25) is 11.7 Å². The molecule has 2 aromatic carbocycles. The maximum Gasteiger partial charge on any atom is 0.418 e. The maximum absolute atomic E-state index is 13.6. The molecule has 34 heavy (non-hydrogen) atoms. The number of nitrogens with zero attached hydrogens (tertiary/aromatic N) is 5. The van der Waals surface area contributed by atoms with Crippen molar-refractivity contribution in [2.24, 2.45) is 0 Å². The summed E-state index contributed by atoms with van der Waals surface area (Å²) in [4.78, 5) is 27.4. The summed E-state index contributed by atoms with van der Waals surface area (Å²) in [6, 6.07) is 11.1. The van der Waals surface area contributed by atoms with E-state index < -0.39 is 47.9 Å². The van der Waals surface area contributed by atoms with Crippen molar-refractivity contribution in [2.45, 2.75) is 39.0 Å². The maximum atomic E-state index is 13.6. The zero-order valence-electron chi connectivity index (χ0n) is 18.6. The van der Waals surface area contributed by atoms with E-state index in [-0.39, 0.29) is 5.82 Å². The number of alkyl halides is 3. The summed E-state index contributed by atoms with van der Waals surface area (Å²) in [5, 5.41) is 15.0. The fourth-order valence-electron chi connectivity index (χ4n) is 3.09. The van der Waals surface area contributed by atoms with E-state index in [0.29, 0.717) is 10.6 Å². The predicted molar refractivity (Wildman–Crippen MR) is 120 cm³/mol. The van der Waals surface area contributed by atoms with Crippen molar-refractivity contribution in [3.63, 3.8) is 0 Å². The summed E-state index contributed by atoms with van der Waals surface area (Å²) in [5.74, 6) is -1.23. The topological polar surface area (TPSA) is 93.0 Å². The number of para-hydroxylation sites is 1. The monoisotopic (exact) mass is 494 g/mol. The van der Waals surface area contributed by atoms with Crippen LogP contribution in [0, 0.1) is 0 Å². The smallest absolute Gasteiger partial charge is 0.350 e. The lowest BCUT2D eigenvalue weighted by Crippen LogP contribution is -2.48. The van der Waals surface area contributed by atoms with E-state index in [1.807, 2.05) is 0 Å². The molecule has 3 aromatic rings. The van der Waals surface area contributed by atoms with Gasteiger partial charge in [-0.05, 0) is 62.4 Å². The molecule has 0 unspecified atom stereocenters. The van der Waals surface area contributed by atoms with Crippen LogP contribution >= 0.6 is 11.6 Å². The number of amides is 2. The number of nitrogens with one attached hydrogen (secondary N) is 1. The van der Waals surface area contributed by atoms with Crippen LogP contribution in [0.2, 0.25) is 5.02 Å². The molecule has 180 valence electrons. The molecule has 0 radical (unpaired) electrons. The van der Waals surface area contributed by atoms with Crippen LogP contribution in [-0.4, -0.2) is 44.1 Å². The molecule has 0 aliphatic heterocycles. The largest absolute Gasteiger partial charge is 0.418 e. The second kappa shape index (κ2) is 9.80. The van der Waals surface area contributed by atoms with Crippen molar-refractivity contribution in [3.05, 3.63) is 59.1 Å². The van der Waals surface area contributed by atoms with Crippen LogP contribution in [0.1, 0.15) is 26.3 Å². The summed E-state index contributed by atoms with van der Waals surface area (Å²) in [6.45, 7) is 4.01. The first-order chi connectivity index (χ1) is 15.8. The first-order valence-electron chi connectivity index (χ1n) is 10.1.